The van der Waals surface area contributed by atoms with Crippen molar-refractivity contribution < 1.29 is 14.3 Å². The van der Waals surface area contributed by atoms with Gasteiger partial charge in [0.15, 0.2) is 0 Å². The first-order valence-corrected chi connectivity index (χ1v) is 10.1. The molecule has 3 rings (SSSR count). The molecule has 0 atom stereocenters. The molecule has 1 N–H and O–H groups in total. The lowest BCUT2D eigenvalue weighted by Gasteiger charge is -2.10. The molecule has 0 aromatic heterocycles. The average Bonchev–Trinajstić information content (AvgIpc) is 2.69. The molecule has 0 aliphatic carbocycles. The molecule has 0 spiro atoms. The number of nitrogens with zero attached hydrogens (tertiary/aromatic N) is 1. The molecule has 3 aromatic rings. The Labute approximate surface area is 180 Å². The van der Waals surface area contributed by atoms with E-state index in [0.717, 1.165) is 31.0 Å². The number of benzene rings is 3. The van der Waals surface area contributed by atoms with Crippen molar-refractivity contribution in [3.8, 4) is 11.5 Å². The molecular weight excluding hydrogens is 488 g/mol. The maximum atomic E-state index is 12.6. The minimum absolute atomic E-state index is 0.345. The van der Waals surface area contributed by atoms with Gasteiger partial charge >= 0.3 is 0 Å². The molecule has 0 aliphatic rings. The standard InChI is InChI=1S/C21H18Br2N2O3/c1-3-28-20-17(22)8-13(9-18(20)23)12-24-25-21(26)16-10-14-6-4-5-7-15(14)11-19(16)27-2/h4-12H,3H2,1-2H3,(H,25,26)/b24-12-. The number of ether oxygens (including phenoxy) is 2. The van der Waals surface area contributed by atoms with Crippen LogP contribution in [-0.4, -0.2) is 25.8 Å². The number of methoxy groups -OCH3 is 1. The minimum Gasteiger partial charge on any atom is -0.496 e. The van der Waals surface area contributed by atoms with Crippen LogP contribution in [0.25, 0.3) is 10.8 Å². The molecule has 0 aliphatic heterocycles. The summed E-state index contributed by atoms with van der Waals surface area (Å²) in [5.41, 5.74) is 3.78. The number of hydrazone groups is 1. The number of fused-ring (bicyclic) bond motifs is 1. The van der Waals surface area contributed by atoms with E-state index in [4.69, 9.17) is 9.47 Å². The molecule has 0 saturated heterocycles. The van der Waals surface area contributed by atoms with Crippen molar-refractivity contribution >= 4 is 54.8 Å². The summed E-state index contributed by atoms with van der Waals surface area (Å²) >= 11 is 6.96. The van der Waals surface area contributed by atoms with Gasteiger partial charge in [-0.15, -0.1) is 0 Å². The molecule has 0 bridgehead atoms. The number of amides is 1. The first-order chi connectivity index (χ1) is 13.5. The van der Waals surface area contributed by atoms with Crippen LogP contribution < -0.4 is 14.9 Å². The van der Waals surface area contributed by atoms with Crippen molar-refractivity contribution in [1.29, 1.82) is 0 Å². The van der Waals surface area contributed by atoms with Crippen LogP contribution in [0.4, 0.5) is 0 Å². The van der Waals surface area contributed by atoms with Crippen LogP contribution in [-0.2, 0) is 0 Å². The maximum absolute atomic E-state index is 12.6. The van der Waals surface area contributed by atoms with Crippen LogP contribution in [0.2, 0.25) is 0 Å². The molecule has 1 amide bonds. The van der Waals surface area contributed by atoms with E-state index in [2.05, 4.69) is 42.4 Å². The smallest absolute Gasteiger partial charge is 0.275 e. The zero-order chi connectivity index (χ0) is 20.1. The number of rotatable bonds is 6. The number of nitrogens with one attached hydrogen (secondary N) is 1. The monoisotopic (exact) mass is 504 g/mol. The van der Waals surface area contributed by atoms with E-state index in [1.165, 1.54) is 0 Å². The minimum atomic E-state index is -0.345. The maximum Gasteiger partial charge on any atom is 0.275 e. The Bertz CT molecular complexity index is 1030. The normalized spacial score (nSPS) is 11.0. The summed E-state index contributed by atoms with van der Waals surface area (Å²) in [4.78, 5) is 12.6. The molecule has 3 aromatic carbocycles. The SMILES string of the molecule is CCOc1c(Br)cc(/C=N\NC(=O)c2cc3ccccc3cc2OC)cc1Br. The van der Waals surface area contributed by atoms with Gasteiger partial charge in [-0.3, -0.25) is 4.79 Å². The Kier molecular flexibility index (Phi) is 6.70. The molecule has 0 heterocycles. The second-order valence-corrected chi connectivity index (χ2v) is 7.55. The lowest BCUT2D eigenvalue weighted by atomic mass is 10.1. The summed E-state index contributed by atoms with van der Waals surface area (Å²) in [6, 6.07) is 15.2. The molecule has 0 fully saturated rings. The van der Waals surface area contributed by atoms with Gasteiger partial charge in [-0.2, -0.15) is 5.10 Å². The van der Waals surface area contributed by atoms with E-state index in [9.17, 15) is 4.79 Å². The summed E-state index contributed by atoms with van der Waals surface area (Å²) in [7, 11) is 1.54. The highest BCUT2D eigenvalue weighted by Crippen LogP contribution is 2.34. The van der Waals surface area contributed by atoms with Crippen molar-refractivity contribution in [2.45, 2.75) is 6.92 Å². The largest absolute Gasteiger partial charge is 0.496 e. The molecule has 7 heteroatoms. The third-order valence-corrected chi connectivity index (χ3v) is 5.18. The van der Waals surface area contributed by atoms with Gasteiger partial charge < -0.3 is 9.47 Å². The summed E-state index contributed by atoms with van der Waals surface area (Å²) < 4.78 is 12.5. The van der Waals surface area contributed by atoms with Crippen LogP contribution in [0.1, 0.15) is 22.8 Å². The fourth-order valence-corrected chi connectivity index (χ4v) is 4.18. The summed E-state index contributed by atoms with van der Waals surface area (Å²) in [5, 5.41) is 6.03. The number of hydrogen-bond acceptors (Lipinski definition) is 4. The zero-order valence-corrected chi connectivity index (χ0v) is 18.5. The van der Waals surface area contributed by atoms with E-state index < -0.39 is 0 Å². The van der Waals surface area contributed by atoms with E-state index in [-0.39, 0.29) is 5.91 Å². The van der Waals surface area contributed by atoms with E-state index in [0.29, 0.717) is 17.9 Å². The van der Waals surface area contributed by atoms with E-state index in [1.807, 2.05) is 49.4 Å². The van der Waals surface area contributed by atoms with Crippen LogP contribution >= 0.6 is 31.9 Å². The number of carbonyl (C=O) groups excluding carboxylic acids is 1. The molecule has 0 saturated carbocycles. The zero-order valence-electron chi connectivity index (χ0n) is 15.3. The Morgan fingerprint density at radius 2 is 1.75 bits per heavy atom. The number of hydrogen-bond donors (Lipinski definition) is 1. The van der Waals surface area contributed by atoms with E-state index >= 15 is 0 Å². The molecular formula is C21H18Br2N2O3. The van der Waals surface area contributed by atoms with Crippen molar-refractivity contribution in [2.24, 2.45) is 5.10 Å². The van der Waals surface area contributed by atoms with Gasteiger partial charge in [0.05, 0.1) is 34.4 Å². The Balaban J connectivity index is 1.79. The summed E-state index contributed by atoms with van der Waals surface area (Å²) in [6.45, 7) is 2.49. The van der Waals surface area contributed by atoms with Gasteiger partial charge in [-0.1, -0.05) is 24.3 Å². The third kappa shape index (κ3) is 4.54. The second kappa shape index (κ2) is 9.21. The highest BCUT2D eigenvalue weighted by Gasteiger charge is 2.13. The molecule has 144 valence electrons. The summed E-state index contributed by atoms with van der Waals surface area (Å²) in [5.74, 6) is 0.880. The van der Waals surface area contributed by atoms with Gasteiger partial charge in [0.1, 0.15) is 11.5 Å². The first kappa shape index (κ1) is 20.4. The Morgan fingerprint density at radius 1 is 1.11 bits per heavy atom. The molecule has 0 unspecified atom stereocenters. The molecule has 5 nitrogen and oxygen atoms in total. The van der Waals surface area contributed by atoms with Crippen molar-refractivity contribution in [2.75, 3.05) is 13.7 Å². The van der Waals surface area contributed by atoms with Crippen molar-refractivity contribution in [1.82, 2.24) is 5.43 Å². The molecule has 0 radical (unpaired) electrons. The summed E-state index contributed by atoms with van der Waals surface area (Å²) in [6.07, 6.45) is 1.57. The van der Waals surface area contributed by atoms with Gasteiger partial charge in [0, 0.05) is 0 Å². The predicted octanol–water partition coefficient (Wildman–Crippen LogP) is 5.54. The van der Waals surface area contributed by atoms with Gasteiger partial charge in [-0.05, 0) is 79.4 Å². The van der Waals surface area contributed by atoms with Crippen LogP contribution in [0.3, 0.4) is 0 Å². The fourth-order valence-electron chi connectivity index (χ4n) is 2.73. The highest BCUT2D eigenvalue weighted by atomic mass is 79.9. The topological polar surface area (TPSA) is 59.9 Å². The van der Waals surface area contributed by atoms with Crippen molar-refractivity contribution in [3.63, 3.8) is 0 Å². The van der Waals surface area contributed by atoms with Crippen LogP contribution in [0.5, 0.6) is 11.5 Å². The Hall–Kier alpha value is -2.38. The predicted molar refractivity (Wildman–Crippen MR) is 119 cm³/mol. The quantitative estimate of drug-likeness (QED) is 0.353. The average molecular weight is 506 g/mol. The second-order valence-electron chi connectivity index (χ2n) is 5.85. The number of carbonyl (C=O) groups is 1. The lowest BCUT2D eigenvalue weighted by molar-refractivity contribution is 0.0952. The first-order valence-electron chi connectivity index (χ1n) is 8.55. The third-order valence-electron chi connectivity index (χ3n) is 4.00. The fraction of sp³-hybridized carbons (Fsp3) is 0.143. The Morgan fingerprint density at radius 3 is 2.36 bits per heavy atom. The van der Waals surface area contributed by atoms with Crippen LogP contribution in [0.15, 0.2) is 62.6 Å². The van der Waals surface area contributed by atoms with Gasteiger partial charge in [0.25, 0.3) is 5.91 Å². The van der Waals surface area contributed by atoms with Gasteiger partial charge in [-0.25, -0.2) is 5.43 Å². The van der Waals surface area contributed by atoms with Crippen molar-refractivity contribution in [3.05, 3.63) is 68.6 Å². The van der Waals surface area contributed by atoms with Crippen LogP contribution in [0, 0.1) is 0 Å². The van der Waals surface area contributed by atoms with E-state index in [1.54, 1.807) is 19.4 Å². The molecule has 28 heavy (non-hydrogen) atoms. The highest BCUT2D eigenvalue weighted by molar-refractivity contribution is 9.11. The number of halogens is 2. The lowest BCUT2D eigenvalue weighted by Crippen LogP contribution is -2.18. The van der Waals surface area contributed by atoms with Gasteiger partial charge in [0.2, 0.25) is 0 Å².